The van der Waals surface area contributed by atoms with Crippen LogP contribution in [0.2, 0.25) is 0 Å². The fourth-order valence-electron chi connectivity index (χ4n) is 3.81. The van der Waals surface area contributed by atoms with Crippen LogP contribution < -0.4 is 0 Å². The first-order valence-electron chi connectivity index (χ1n) is 10.3. The number of carbonyl (C=O) groups is 2. The molecule has 1 amide bonds. The maximum absolute atomic E-state index is 12.7. The summed E-state index contributed by atoms with van der Waals surface area (Å²) in [6, 6.07) is 17.9. The monoisotopic (exact) mass is 406 g/mol. The van der Waals surface area contributed by atoms with Crippen LogP contribution in [-0.4, -0.2) is 64.2 Å². The normalized spacial score (nSPS) is 15.8. The second kappa shape index (κ2) is 9.09. The van der Waals surface area contributed by atoms with Crippen LogP contribution in [0.25, 0.3) is 10.9 Å². The van der Waals surface area contributed by atoms with Crippen LogP contribution in [0.3, 0.4) is 0 Å². The van der Waals surface area contributed by atoms with Gasteiger partial charge in [-0.25, -0.2) is 0 Å². The van der Waals surface area contributed by atoms with Crippen LogP contribution in [0.1, 0.15) is 18.2 Å². The van der Waals surface area contributed by atoms with E-state index in [0.29, 0.717) is 18.8 Å². The van der Waals surface area contributed by atoms with Gasteiger partial charge in [0.05, 0.1) is 17.6 Å². The van der Waals surface area contributed by atoms with Gasteiger partial charge in [0.1, 0.15) is 0 Å². The minimum absolute atomic E-state index is 0.0585. The SMILES string of the molecule is CC(OC(=O)Cc1[nH]nc2ccccc12)C(=O)N1CCN(Cc2ccccc2)CC1. The van der Waals surface area contributed by atoms with Gasteiger partial charge in [-0.2, -0.15) is 5.10 Å². The zero-order valence-electron chi connectivity index (χ0n) is 17.1. The van der Waals surface area contributed by atoms with Gasteiger partial charge in [-0.05, 0) is 18.6 Å². The number of H-pyrrole nitrogens is 1. The third-order valence-corrected chi connectivity index (χ3v) is 5.45. The molecule has 1 N–H and O–H groups in total. The molecule has 1 atom stereocenters. The first kappa shape index (κ1) is 20.1. The molecule has 3 aromatic rings. The summed E-state index contributed by atoms with van der Waals surface area (Å²) in [7, 11) is 0. The van der Waals surface area contributed by atoms with E-state index in [2.05, 4.69) is 27.2 Å². The largest absolute Gasteiger partial charge is 0.452 e. The van der Waals surface area contributed by atoms with E-state index in [1.807, 2.05) is 42.5 Å². The lowest BCUT2D eigenvalue weighted by atomic mass is 10.1. The summed E-state index contributed by atoms with van der Waals surface area (Å²) in [6.07, 6.45) is -0.740. The van der Waals surface area contributed by atoms with Crippen molar-refractivity contribution in [3.05, 3.63) is 65.9 Å². The lowest BCUT2D eigenvalue weighted by molar-refractivity contribution is -0.159. The maximum Gasteiger partial charge on any atom is 0.312 e. The Morgan fingerprint density at radius 2 is 1.73 bits per heavy atom. The second-order valence-electron chi connectivity index (χ2n) is 7.62. The summed E-state index contributed by atoms with van der Waals surface area (Å²) in [5.74, 6) is -0.579. The molecule has 2 aromatic carbocycles. The Kier molecular flexibility index (Phi) is 6.09. The highest BCUT2D eigenvalue weighted by molar-refractivity contribution is 5.87. The molecular weight excluding hydrogens is 380 g/mol. The highest BCUT2D eigenvalue weighted by Gasteiger charge is 2.27. The van der Waals surface area contributed by atoms with Crippen LogP contribution in [0.4, 0.5) is 0 Å². The molecule has 156 valence electrons. The summed E-state index contributed by atoms with van der Waals surface area (Å²) >= 11 is 0. The number of aromatic amines is 1. The molecule has 0 radical (unpaired) electrons. The van der Waals surface area contributed by atoms with Gasteiger partial charge in [0, 0.05) is 38.1 Å². The molecule has 7 nitrogen and oxygen atoms in total. The van der Waals surface area contributed by atoms with Crippen molar-refractivity contribution in [1.29, 1.82) is 0 Å². The summed E-state index contributed by atoms with van der Waals surface area (Å²) in [6.45, 7) is 5.41. The highest BCUT2D eigenvalue weighted by Crippen LogP contribution is 2.16. The van der Waals surface area contributed by atoms with Crippen molar-refractivity contribution in [1.82, 2.24) is 20.0 Å². The number of hydrogen-bond donors (Lipinski definition) is 1. The van der Waals surface area contributed by atoms with Gasteiger partial charge in [-0.3, -0.25) is 19.6 Å². The van der Waals surface area contributed by atoms with E-state index in [4.69, 9.17) is 4.74 Å². The third kappa shape index (κ3) is 4.68. The van der Waals surface area contributed by atoms with Gasteiger partial charge in [-0.15, -0.1) is 0 Å². The third-order valence-electron chi connectivity index (χ3n) is 5.45. The smallest absolute Gasteiger partial charge is 0.312 e. The number of esters is 1. The molecule has 1 unspecified atom stereocenters. The molecular formula is C23H26N4O3. The average molecular weight is 406 g/mol. The van der Waals surface area contributed by atoms with Gasteiger partial charge in [0.2, 0.25) is 0 Å². The van der Waals surface area contributed by atoms with Crippen molar-refractivity contribution in [2.45, 2.75) is 26.0 Å². The van der Waals surface area contributed by atoms with E-state index in [-0.39, 0.29) is 12.3 Å². The number of piperazine rings is 1. The number of hydrogen-bond acceptors (Lipinski definition) is 5. The zero-order valence-corrected chi connectivity index (χ0v) is 17.1. The van der Waals surface area contributed by atoms with E-state index < -0.39 is 12.1 Å². The average Bonchev–Trinajstić information content (AvgIpc) is 3.17. The molecule has 0 bridgehead atoms. The number of para-hydroxylation sites is 1. The number of ether oxygens (including phenoxy) is 1. The molecule has 0 saturated carbocycles. The molecule has 1 aromatic heterocycles. The van der Waals surface area contributed by atoms with Crippen LogP contribution in [0.5, 0.6) is 0 Å². The Balaban J connectivity index is 1.26. The van der Waals surface area contributed by atoms with Gasteiger partial charge >= 0.3 is 5.97 Å². The molecule has 30 heavy (non-hydrogen) atoms. The van der Waals surface area contributed by atoms with Crippen molar-refractivity contribution >= 4 is 22.8 Å². The maximum atomic E-state index is 12.7. The van der Waals surface area contributed by atoms with Crippen LogP contribution in [0, 0.1) is 0 Å². The number of benzene rings is 2. The molecule has 4 rings (SSSR count). The molecule has 0 spiro atoms. The topological polar surface area (TPSA) is 78.5 Å². The highest BCUT2D eigenvalue weighted by atomic mass is 16.5. The number of fused-ring (bicyclic) bond motifs is 1. The molecule has 1 aliphatic heterocycles. The van der Waals surface area contributed by atoms with Crippen LogP contribution in [0.15, 0.2) is 54.6 Å². The first-order valence-corrected chi connectivity index (χ1v) is 10.3. The number of carbonyl (C=O) groups excluding carboxylic acids is 2. The van der Waals surface area contributed by atoms with Gasteiger partial charge < -0.3 is 9.64 Å². The fraction of sp³-hybridized carbons (Fsp3) is 0.348. The predicted octanol–water partition coefficient (Wildman–Crippen LogP) is 2.38. The van der Waals surface area contributed by atoms with Crippen molar-refractivity contribution in [2.24, 2.45) is 0 Å². The Morgan fingerprint density at radius 1 is 1.03 bits per heavy atom. The van der Waals surface area contributed by atoms with Crippen molar-refractivity contribution in [3.8, 4) is 0 Å². The quantitative estimate of drug-likeness (QED) is 0.636. The van der Waals surface area contributed by atoms with Crippen molar-refractivity contribution in [3.63, 3.8) is 0 Å². The summed E-state index contributed by atoms with van der Waals surface area (Å²) in [4.78, 5) is 29.2. The molecule has 7 heteroatoms. The Bertz CT molecular complexity index is 1010. The number of amides is 1. The minimum atomic E-state index is -0.799. The van der Waals surface area contributed by atoms with Crippen LogP contribution >= 0.6 is 0 Å². The van der Waals surface area contributed by atoms with Crippen molar-refractivity contribution in [2.75, 3.05) is 26.2 Å². The molecule has 1 aliphatic rings. The number of aromatic nitrogens is 2. The number of nitrogens with one attached hydrogen (secondary N) is 1. The van der Waals surface area contributed by atoms with E-state index in [0.717, 1.165) is 30.5 Å². The Hall–Kier alpha value is -3.19. The van der Waals surface area contributed by atoms with E-state index >= 15 is 0 Å². The number of nitrogens with zero attached hydrogens (tertiary/aromatic N) is 3. The van der Waals surface area contributed by atoms with E-state index in [1.165, 1.54) is 5.56 Å². The van der Waals surface area contributed by atoms with Gasteiger partial charge in [0.15, 0.2) is 6.10 Å². The summed E-state index contributed by atoms with van der Waals surface area (Å²) < 4.78 is 5.42. The van der Waals surface area contributed by atoms with Crippen LogP contribution in [-0.2, 0) is 27.3 Å². The van der Waals surface area contributed by atoms with E-state index in [1.54, 1.807) is 11.8 Å². The van der Waals surface area contributed by atoms with Gasteiger partial charge in [0.25, 0.3) is 5.91 Å². The second-order valence-corrected chi connectivity index (χ2v) is 7.62. The summed E-state index contributed by atoms with van der Waals surface area (Å²) in [5, 5.41) is 7.96. The standard InChI is InChI=1S/C23H26N4O3/c1-17(30-22(28)15-21-19-9-5-6-10-20(19)24-25-21)23(29)27-13-11-26(12-14-27)16-18-7-3-2-4-8-18/h2-10,17H,11-16H2,1H3,(H,24,25). The first-order chi connectivity index (χ1) is 14.6. The molecule has 0 aliphatic carbocycles. The molecule has 2 heterocycles. The molecule has 1 saturated heterocycles. The Labute approximate surface area is 175 Å². The number of rotatable bonds is 6. The lowest BCUT2D eigenvalue weighted by Crippen LogP contribution is -2.51. The van der Waals surface area contributed by atoms with Crippen molar-refractivity contribution < 1.29 is 14.3 Å². The predicted molar refractivity (Wildman–Crippen MR) is 114 cm³/mol. The Morgan fingerprint density at radius 3 is 2.50 bits per heavy atom. The van der Waals surface area contributed by atoms with Gasteiger partial charge in [-0.1, -0.05) is 48.5 Å². The molecule has 1 fully saturated rings. The summed E-state index contributed by atoms with van der Waals surface area (Å²) in [5.41, 5.74) is 2.77. The fourth-order valence-corrected chi connectivity index (χ4v) is 3.81. The zero-order chi connectivity index (χ0) is 20.9. The lowest BCUT2D eigenvalue weighted by Gasteiger charge is -2.35. The minimum Gasteiger partial charge on any atom is -0.452 e. The van der Waals surface area contributed by atoms with E-state index in [9.17, 15) is 9.59 Å².